The highest BCUT2D eigenvalue weighted by atomic mass is 16.4. The van der Waals surface area contributed by atoms with Crippen molar-refractivity contribution in [3.8, 4) is 0 Å². The number of fused-ring (bicyclic) bond motifs is 1. The zero-order chi connectivity index (χ0) is 15.6. The standard InChI is InChI=1S/C17H23NO3/c1-12(18(17(2,3)4)10-9-16(19)20)15-11-13-7-5-6-8-14(13)21-15/h5-8,11-12H,9-10H2,1-4H3,(H,19,20). The lowest BCUT2D eigenvalue weighted by atomic mass is 10.0. The van der Waals surface area contributed by atoms with Crippen molar-refractivity contribution < 1.29 is 14.3 Å². The van der Waals surface area contributed by atoms with E-state index in [0.717, 1.165) is 16.7 Å². The number of furan rings is 1. The molecule has 0 bridgehead atoms. The van der Waals surface area contributed by atoms with Crippen molar-refractivity contribution in [2.75, 3.05) is 6.54 Å². The van der Waals surface area contributed by atoms with E-state index in [1.54, 1.807) is 0 Å². The van der Waals surface area contributed by atoms with Crippen LogP contribution in [0.25, 0.3) is 11.0 Å². The summed E-state index contributed by atoms with van der Waals surface area (Å²) >= 11 is 0. The van der Waals surface area contributed by atoms with Crippen LogP contribution in [-0.4, -0.2) is 28.1 Å². The first-order valence-electron chi connectivity index (χ1n) is 7.26. The molecule has 0 spiro atoms. The van der Waals surface area contributed by atoms with Crippen LogP contribution in [0, 0.1) is 0 Å². The lowest BCUT2D eigenvalue weighted by Gasteiger charge is -2.39. The van der Waals surface area contributed by atoms with E-state index in [9.17, 15) is 4.79 Å². The Labute approximate surface area is 125 Å². The molecular weight excluding hydrogens is 266 g/mol. The number of carboxylic acids is 1. The van der Waals surface area contributed by atoms with E-state index in [-0.39, 0.29) is 18.0 Å². The number of carboxylic acid groups (broad SMARTS) is 1. The predicted molar refractivity (Wildman–Crippen MR) is 83.3 cm³/mol. The first-order chi connectivity index (χ1) is 9.79. The molecule has 0 aliphatic carbocycles. The summed E-state index contributed by atoms with van der Waals surface area (Å²) in [5.74, 6) is 0.0950. The van der Waals surface area contributed by atoms with E-state index in [2.05, 4.69) is 32.6 Å². The summed E-state index contributed by atoms with van der Waals surface area (Å²) in [6.45, 7) is 8.83. The number of para-hydroxylation sites is 1. The van der Waals surface area contributed by atoms with Gasteiger partial charge in [-0.3, -0.25) is 9.69 Å². The molecule has 2 rings (SSSR count). The van der Waals surface area contributed by atoms with Gasteiger partial charge in [0.2, 0.25) is 0 Å². The molecule has 0 fully saturated rings. The van der Waals surface area contributed by atoms with Crippen molar-refractivity contribution in [3.05, 3.63) is 36.1 Å². The quantitative estimate of drug-likeness (QED) is 0.901. The lowest BCUT2D eigenvalue weighted by molar-refractivity contribution is -0.137. The minimum absolute atomic E-state index is 0.0248. The molecule has 1 N–H and O–H groups in total. The maximum Gasteiger partial charge on any atom is 0.304 e. The van der Waals surface area contributed by atoms with Gasteiger partial charge in [0, 0.05) is 17.5 Å². The van der Waals surface area contributed by atoms with Gasteiger partial charge >= 0.3 is 5.97 Å². The fourth-order valence-electron chi connectivity index (χ4n) is 2.69. The predicted octanol–water partition coefficient (Wildman–Crippen LogP) is 4.07. The second kappa shape index (κ2) is 5.90. The average Bonchev–Trinajstić information content (AvgIpc) is 2.80. The molecule has 1 heterocycles. The summed E-state index contributed by atoms with van der Waals surface area (Å²) in [7, 11) is 0. The van der Waals surface area contributed by atoms with Gasteiger partial charge in [0.25, 0.3) is 0 Å². The molecule has 114 valence electrons. The second-order valence-corrected chi connectivity index (χ2v) is 6.37. The van der Waals surface area contributed by atoms with Gasteiger partial charge in [-0.15, -0.1) is 0 Å². The maximum atomic E-state index is 10.9. The van der Waals surface area contributed by atoms with Crippen LogP contribution in [0.3, 0.4) is 0 Å². The Morgan fingerprint density at radius 2 is 2.00 bits per heavy atom. The van der Waals surface area contributed by atoms with Crippen molar-refractivity contribution in [2.24, 2.45) is 0 Å². The monoisotopic (exact) mass is 289 g/mol. The first-order valence-corrected chi connectivity index (χ1v) is 7.26. The summed E-state index contributed by atoms with van der Waals surface area (Å²) in [6.07, 6.45) is 0.127. The molecule has 2 aromatic rings. The van der Waals surface area contributed by atoms with Crippen molar-refractivity contribution in [3.63, 3.8) is 0 Å². The van der Waals surface area contributed by atoms with Crippen LogP contribution in [0.4, 0.5) is 0 Å². The summed E-state index contributed by atoms with van der Waals surface area (Å²) in [4.78, 5) is 13.0. The molecule has 0 saturated carbocycles. The van der Waals surface area contributed by atoms with Gasteiger partial charge in [-0.2, -0.15) is 0 Å². The third kappa shape index (κ3) is 3.64. The Bertz CT molecular complexity index is 591. The minimum Gasteiger partial charge on any atom is -0.481 e. The van der Waals surface area contributed by atoms with Crippen LogP contribution >= 0.6 is 0 Å². The Balaban J connectivity index is 2.28. The van der Waals surface area contributed by atoms with Gasteiger partial charge < -0.3 is 9.52 Å². The Morgan fingerprint density at radius 3 is 2.57 bits per heavy atom. The SMILES string of the molecule is CC(c1cc2ccccc2o1)N(CCC(=O)O)C(C)(C)C. The van der Waals surface area contributed by atoms with Crippen LogP contribution in [0.2, 0.25) is 0 Å². The van der Waals surface area contributed by atoms with Gasteiger partial charge in [-0.05, 0) is 39.8 Å². The molecule has 0 saturated heterocycles. The molecule has 4 nitrogen and oxygen atoms in total. The summed E-state index contributed by atoms with van der Waals surface area (Å²) < 4.78 is 5.92. The Morgan fingerprint density at radius 1 is 1.33 bits per heavy atom. The van der Waals surface area contributed by atoms with Crippen molar-refractivity contribution >= 4 is 16.9 Å². The molecule has 1 aromatic carbocycles. The molecule has 1 unspecified atom stereocenters. The molecule has 4 heteroatoms. The van der Waals surface area contributed by atoms with Crippen molar-refractivity contribution in [2.45, 2.75) is 45.7 Å². The van der Waals surface area contributed by atoms with Gasteiger partial charge in [-0.25, -0.2) is 0 Å². The molecule has 0 aliphatic heterocycles. The van der Waals surface area contributed by atoms with Gasteiger partial charge in [0.15, 0.2) is 0 Å². The van der Waals surface area contributed by atoms with Gasteiger partial charge in [0.1, 0.15) is 11.3 Å². The van der Waals surface area contributed by atoms with Crippen LogP contribution < -0.4 is 0 Å². The third-order valence-electron chi connectivity index (χ3n) is 3.75. The van der Waals surface area contributed by atoms with Crippen LogP contribution in [0.5, 0.6) is 0 Å². The van der Waals surface area contributed by atoms with Crippen molar-refractivity contribution in [1.29, 1.82) is 0 Å². The number of rotatable bonds is 5. The molecule has 0 radical (unpaired) electrons. The van der Waals surface area contributed by atoms with Gasteiger partial charge in [0.05, 0.1) is 12.5 Å². The number of hydrogen-bond donors (Lipinski definition) is 1. The number of hydrogen-bond acceptors (Lipinski definition) is 3. The van der Waals surface area contributed by atoms with Crippen LogP contribution in [-0.2, 0) is 4.79 Å². The summed E-state index contributed by atoms with van der Waals surface area (Å²) in [6, 6.07) is 9.97. The van der Waals surface area contributed by atoms with Crippen molar-refractivity contribution in [1.82, 2.24) is 4.90 Å². The molecule has 1 atom stereocenters. The van der Waals surface area contributed by atoms with E-state index in [1.807, 2.05) is 30.3 Å². The maximum absolute atomic E-state index is 10.9. The highest BCUT2D eigenvalue weighted by molar-refractivity contribution is 5.77. The molecule has 0 aliphatic rings. The first kappa shape index (κ1) is 15.6. The highest BCUT2D eigenvalue weighted by Gasteiger charge is 2.29. The Hall–Kier alpha value is -1.81. The zero-order valence-corrected chi connectivity index (χ0v) is 13.1. The zero-order valence-electron chi connectivity index (χ0n) is 13.1. The highest BCUT2D eigenvalue weighted by Crippen LogP contribution is 2.31. The number of benzene rings is 1. The van der Waals surface area contributed by atoms with E-state index in [4.69, 9.17) is 9.52 Å². The van der Waals surface area contributed by atoms with E-state index in [1.165, 1.54) is 0 Å². The number of carbonyl (C=O) groups is 1. The van der Waals surface area contributed by atoms with E-state index in [0.29, 0.717) is 6.54 Å². The van der Waals surface area contributed by atoms with E-state index >= 15 is 0 Å². The third-order valence-corrected chi connectivity index (χ3v) is 3.75. The lowest BCUT2D eigenvalue weighted by Crippen LogP contribution is -2.44. The van der Waals surface area contributed by atoms with Gasteiger partial charge in [-0.1, -0.05) is 18.2 Å². The topological polar surface area (TPSA) is 53.7 Å². The summed E-state index contributed by atoms with van der Waals surface area (Å²) in [5, 5.41) is 10.0. The van der Waals surface area contributed by atoms with Crippen LogP contribution in [0.15, 0.2) is 34.7 Å². The fraction of sp³-hybridized carbons (Fsp3) is 0.471. The molecule has 0 amide bonds. The van der Waals surface area contributed by atoms with E-state index < -0.39 is 5.97 Å². The second-order valence-electron chi connectivity index (χ2n) is 6.37. The average molecular weight is 289 g/mol. The smallest absolute Gasteiger partial charge is 0.304 e. The number of aliphatic carboxylic acids is 1. The Kier molecular flexibility index (Phi) is 4.37. The molecule has 1 aromatic heterocycles. The molecular formula is C17H23NO3. The largest absolute Gasteiger partial charge is 0.481 e. The number of nitrogens with zero attached hydrogens (tertiary/aromatic N) is 1. The summed E-state index contributed by atoms with van der Waals surface area (Å²) in [5.41, 5.74) is 0.736. The fourth-order valence-corrected chi connectivity index (χ4v) is 2.69. The minimum atomic E-state index is -0.777. The normalized spacial score (nSPS) is 13.8. The van der Waals surface area contributed by atoms with Crippen LogP contribution in [0.1, 0.15) is 45.9 Å². The molecule has 21 heavy (non-hydrogen) atoms.